The molecule has 1 aliphatic heterocycles. The normalized spacial score (nSPS) is 32.1. The highest BCUT2D eigenvalue weighted by Crippen LogP contribution is 2.46. The van der Waals surface area contributed by atoms with Crippen molar-refractivity contribution in [3.05, 3.63) is 0 Å². The van der Waals surface area contributed by atoms with Gasteiger partial charge in [0.15, 0.2) is 14.1 Å². The van der Waals surface area contributed by atoms with Crippen LogP contribution in [0, 0.1) is 11.8 Å². The van der Waals surface area contributed by atoms with E-state index in [1.165, 1.54) is 12.2 Å². The standard InChI is InChI=1S/C20H39NO5Si/c1-13(18(22)21(7)23-8)15-11-14(26-27(9,10)19(2,3)4)12-16-17(15)25-20(5,6)24-16/h13-17H,11-12H2,1-10H3. The average Bonchev–Trinajstić information content (AvgIpc) is 2.84. The molecule has 27 heavy (non-hydrogen) atoms. The van der Waals surface area contributed by atoms with Gasteiger partial charge in [-0.25, -0.2) is 5.06 Å². The zero-order chi connectivity index (χ0) is 20.8. The summed E-state index contributed by atoms with van der Waals surface area (Å²) < 4.78 is 19.1. The summed E-state index contributed by atoms with van der Waals surface area (Å²) in [5.41, 5.74) is 0. The molecule has 1 amide bonds. The molecular weight excluding hydrogens is 362 g/mol. The summed E-state index contributed by atoms with van der Waals surface area (Å²) in [7, 11) is 1.25. The Morgan fingerprint density at radius 2 is 1.81 bits per heavy atom. The molecule has 2 rings (SSSR count). The third-order valence-electron chi connectivity index (χ3n) is 6.56. The molecule has 1 saturated heterocycles. The number of hydroxylamine groups is 2. The van der Waals surface area contributed by atoms with Gasteiger partial charge >= 0.3 is 0 Å². The van der Waals surface area contributed by atoms with Crippen LogP contribution in [0.1, 0.15) is 54.4 Å². The maximum atomic E-state index is 12.7. The van der Waals surface area contributed by atoms with Gasteiger partial charge in [-0.05, 0) is 38.4 Å². The van der Waals surface area contributed by atoms with Gasteiger partial charge in [0.2, 0.25) is 5.91 Å². The highest BCUT2D eigenvalue weighted by Gasteiger charge is 2.53. The number of rotatable bonds is 5. The minimum Gasteiger partial charge on any atom is -0.414 e. The summed E-state index contributed by atoms with van der Waals surface area (Å²) in [6.45, 7) is 17.2. The van der Waals surface area contributed by atoms with Crippen LogP contribution >= 0.6 is 0 Å². The largest absolute Gasteiger partial charge is 0.414 e. The van der Waals surface area contributed by atoms with Crippen LogP contribution in [-0.2, 0) is 23.5 Å². The van der Waals surface area contributed by atoms with Crippen LogP contribution in [0.25, 0.3) is 0 Å². The summed E-state index contributed by atoms with van der Waals surface area (Å²) in [5, 5.41) is 1.45. The molecule has 0 N–H and O–H groups in total. The number of nitrogens with zero attached hydrogens (tertiary/aromatic N) is 1. The minimum absolute atomic E-state index is 0.0328. The number of ether oxygens (including phenoxy) is 2. The first-order valence-corrected chi connectivity index (χ1v) is 12.9. The molecule has 5 atom stereocenters. The summed E-state index contributed by atoms with van der Waals surface area (Å²) in [6, 6.07) is 0. The molecule has 5 unspecified atom stereocenters. The molecule has 0 spiro atoms. The lowest BCUT2D eigenvalue weighted by molar-refractivity contribution is -0.179. The second-order valence-electron chi connectivity index (χ2n) is 10.1. The zero-order valence-corrected chi connectivity index (χ0v) is 19.8. The number of hydrogen-bond acceptors (Lipinski definition) is 5. The summed E-state index contributed by atoms with van der Waals surface area (Å²) in [4.78, 5) is 17.9. The van der Waals surface area contributed by atoms with E-state index in [-0.39, 0.29) is 41.1 Å². The molecule has 0 radical (unpaired) electrons. The van der Waals surface area contributed by atoms with Gasteiger partial charge in [0.25, 0.3) is 0 Å². The fourth-order valence-electron chi connectivity index (χ4n) is 3.94. The fourth-order valence-corrected chi connectivity index (χ4v) is 5.32. The maximum absolute atomic E-state index is 12.7. The predicted octanol–water partition coefficient (Wildman–Crippen LogP) is 3.96. The Morgan fingerprint density at radius 3 is 2.33 bits per heavy atom. The lowest BCUT2D eigenvalue weighted by Gasteiger charge is -2.44. The van der Waals surface area contributed by atoms with E-state index in [0.717, 1.165) is 12.8 Å². The Balaban J connectivity index is 2.24. The fraction of sp³-hybridized carbons (Fsp3) is 0.950. The van der Waals surface area contributed by atoms with Crippen molar-refractivity contribution in [2.45, 2.75) is 96.6 Å². The Bertz CT molecular complexity index is 545. The van der Waals surface area contributed by atoms with Crippen molar-refractivity contribution in [3.63, 3.8) is 0 Å². The van der Waals surface area contributed by atoms with Crippen LogP contribution in [0.4, 0.5) is 0 Å². The van der Waals surface area contributed by atoms with Gasteiger partial charge < -0.3 is 13.9 Å². The highest BCUT2D eigenvalue weighted by atomic mass is 28.4. The minimum atomic E-state index is -1.91. The number of carbonyl (C=O) groups is 1. The van der Waals surface area contributed by atoms with Crippen LogP contribution in [0.15, 0.2) is 0 Å². The van der Waals surface area contributed by atoms with Crippen molar-refractivity contribution in [2.24, 2.45) is 11.8 Å². The maximum Gasteiger partial charge on any atom is 0.249 e. The zero-order valence-electron chi connectivity index (χ0n) is 18.8. The smallest absolute Gasteiger partial charge is 0.249 e. The van der Waals surface area contributed by atoms with E-state index in [2.05, 4.69) is 33.9 Å². The summed E-state index contributed by atoms with van der Waals surface area (Å²) in [6.07, 6.45) is 1.56. The third kappa shape index (κ3) is 4.93. The number of carbonyl (C=O) groups excluding carboxylic acids is 1. The van der Waals surface area contributed by atoms with E-state index in [1.54, 1.807) is 7.05 Å². The first kappa shape index (κ1) is 22.8. The number of fused-ring (bicyclic) bond motifs is 1. The van der Waals surface area contributed by atoms with Crippen molar-refractivity contribution >= 4 is 14.2 Å². The molecule has 158 valence electrons. The van der Waals surface area contributed by atoms with E-state index in [0.29, 0.717) is 0 Å². The molecule has 0 aromatic heterocycles. The highest BCUT2D eigenvalue weighted by molar-refractivity contribution is 6.74. The van der Waals surface area contributed by atoms with Gasteiger partial charge in [-0.15, -0.1) is 0 Å². The van der Waals surface area contributed by atoms with Crippen molar-refractivity contribution in [3.8, 4) is 0 Å². The monoisotopic (exact) mass is 401 g/mol. The van der Waals surface area contributed by atoms with Gasteiger partial charge in [0.05, 0.1) is 19.3 Å². The van der Waals surface area contributed by atoms with E-state index in [4.69, 9.17) is 18.7 Å². The Labute approximate surface area is 165 Å². The van der Waals surface area contributed by atoms with Crippen LogP contribution in [0.5, 0.6) is 0 Å². The van der Waals surface area contributed by atoms with Crippen molar-refractivity contribution < 1.29 is 23.5 Å². The second kappa shape index (κ2) is 7.75. The molecule has 7 heteroatoms. The van der Waals surface area contributed by atoms with Crippen molar-refractivity contribution in [1.29, 1.82) is 0 Å². The van der Waals surface area contributed by atoms with E-state index in [9.17, 15) is 4.79 Å². The first-order valence-electron chi connectivity index (χ1n) is 10.0. The van der Waals surface area contributed by atoms with Crippen LogP contribution in [0.2, 0.25) is 18.1 Å². The lowest BCUT2D eigenvalue weighted by atomic mass is 9.75. The van der Waals surface area contributed by atoms with Gasteiger partial charge in [-0.1, -0.05) is 27.7 Å². The first-order chi connectivity index (χ1) is 12.2. The SMILES string of the molecule is CON(C)C(=O)C(C)C1CC(O[Si](C)(C)C(C)(C)C)CC2OC(C)(C)OC21. The van der Waals surface area contributed by atoms with E-state index >= 15 is 0 Å². The second-order valence-corrected chi connectivity index (χ2v) is 14.8. The summed E-state index contributed by atoms with van der Waals surface area (Å²) >= 11 is 0. The van der Waals surface area contributed by atoms with Crippen LogP contribution < -0.4 is 0 Å². The average molecular weight is 402 g/mol. The Morgan fingerprint density at radius 1 is 1.22 bits per heavy atom. The molecule has 0 bridgehead atoms. The predicted molar refractivity (Wildman–Crippen MR) is 108 cm³/mol. The quantitative estimate of drug-likeness (QED) is 0.515. The molecule has 2 fully saturated rings. The van der Waals surface area contributed by atoms with Crippen molar-refractivity contribution in [1.82, 2.24) is 5.06 Å². The molecule has 6 nitrogen and oxygen atoms in total. The van der Waals surface area contributed by atoms with E-state index in [1.807, 2.05) is 20.8 Å². The van der Waals surface area contributed by atoms with Crippen LogP contribution in [0.3, 0.4) is 0 Å². The Kier molecular flexibility index (Phi) is 6.54. The molecule has 2 aliphatic rings. The van der Waals surface area contributed by atoms with E-state index < -0.39 is 14.1 Å². The topological polar surface area (TPSA) is 57.2 Å². The summed E-state index contributed by atoms with van der Waals surface area (Å²) in [5.74, 6) is -0.867. The number of amides is 1. The van der Waals surface area contributed by atoms with Crippen LogP contribution in [-0.4, -0.2) is 57.5 Å². The number of hydrogen-bond donors (Lipinski definition) is 0. The van der Waals surface area contributed by atoms with Gasteiger partial charge in [0, 0.05) is 31.4 Å². The molecular formula is C20H39NO5Si. The van der Waals surface area contributed by atoms with Gasteiger partial charge in [0.1, 0.15) is 0 Å². The van der Waals surface area contributed by atoms with Gasteiger partial charge in [-0.3, -0.25) is 9.63 Å². The third-order valence-corrected chi connectivity index (χ3v) is 11.1. The molecule has 1 heterocycles. The van der Waals surface area contributed by atoms with Gasteiger partial charge in [-0.2, -0.15) is 0 Å². The Hall–Kier alpha value is -0.473. The molecule has 0 aromatic carbocycles. The lowest BCUT2D eigenvalue weighted by Crippen LogP contribution is -2.51. The molecule has 0 aromatic rings. The molecule has 1 saturated carbocycles. The van der Waals surface area contributed by atoms with Crippen molar-refractivity contribution in [2.75, 3.05) is 14.2 Å². The molecule has 1 aliphatic carbocycles.